The van der Waals surface area contributed by atoms with Gasteiger partial charge in [0, 0.05) is 12.7 Å². The fourth-order valence-electron chi connectivity index (χ4n) is 3.15. The highest BCUT2D eigenvalue weighted by Crippen LogP contribution is 2.36. The molecule has 1 N–H and O–H groups in total. The largest absolute Gasteiger partial charge is 0.316 e. The van der Waals surface area contributed by atoms with Gasteiger partial charge in [0.25, 0.3) is 0 Å². The van der Waals surface area contributed by atoms with Crippen molar-refractivity contribution in [1.82, 2.24) is 10.3 Å². The van der Waals surface area contributed by atoms with Crippen LogP contribution in [0.5, 0.6) is 0 Å². The smallest absolute Gasteiger partial charge is 0.131 e. The molecule has 1 aliphatic heterocycles. The molecular weight excluding hydrogens is 244 g/mol. The van der Waals surface area contributed by atoms with Gasteiger partial charge in [-0.3, -0.25) is 0 Å². The van der Waals surface area contributed by atoms with E-state index in [4.69, 9.17) is 11.6 Å². The molecule has 1 aliphatic carbocycles. The lowest BCUT2D eigenvalue weighted by Gasteiger charge is -2.34. The quantitative estimate of drug-likeness (QED) is 0.785. The van der Waals surface area contributed by atoms with Crippen LogP contribution in [0, 0.1) is 18.8 Å². The van der Waals surface area contributed by atoms with Gasteiger partial charge in [0.2, 0.25) is 0 Å². The monoisotopic (exact) mass is 262 g/mol. The Bertz CT molecular complexity index is 481. The average Bonchev–Trinajstić information content (AvgIpc) is 2.41. The maximum atomic E-state index is 5.99. The van der Waals surface area contributed by atoms with E-state index < -0.39 is 0 Å². The highest BCUT2D eigenvalue weighted by Gasteiger charge is 2.27. The molecule has 2 heterocycles. The third-order valence-electron chi connectivity index (χ3n) is 4.26. The fraction of sp³-hybridized carbons (Fsp3) is 0.533. The van der Waals surface area contributed by atoms with Crippen LogP contribution in [0.1, 0.15) is 30.4 Å². The van der Waals surface area contributed by atoms with Crippen LogP contribution in [0.25, 0.3) is 5.57 Å². The number of allylic oxidation sites excluding steroid dienone is 1. The topological polar surface area (TPSA) is 24.9 Å². The molecule has 3 heteroatoms. The summed E-state index contributed by atoms with van der Waals surface area (Å²) in [5.74, 6) is 1.59. The van der Waals surface area contributed by atoms with Crippen molar-refractivity contribution < 1.29 is 0 Å². The summed E-state index contributed by atoms with van der Waals surface area (Å²) >= 11 is 5.99. The van der Waals surface area contributed by atoms with Gasteiger partial charge in [-0.1, -0.05) is 17.7 Å². The van der Waals surface area contributed by atoms with Crippen molar-refractivity contribution in [2.24, 2.45) is 11.8 Å². The normalized spacial score (nSPS) is 27.6. The van der Waals surface area contributed by atoms with Crippen molar-refractivity contribution in [3.05, 3.63) is 34.6 Å². The van der Waals surface area contributed by atoms with Crippen LogP contribution in [-0.4, -0.2) is 18.1 Å². The lowest BCUT2D eigenvalue weighted by molar-refractivity contribution is 0.279. The van der Waals surface area contributed by atoms with Gasteiger partial charge in [0.05, 0.1) is 0 Å². The minimum atomic E-state index is 0.618. The molecule has 1 saturated heterocycles. The minimum Gasteiger partial charge on any atom is -0.316 e. The Balaban J connectivity index is 1.87. The first-order valence-corrected chi connectivity index (χ1v) is 7.16. The van der Waals surface area contributed by atoms with Crippen molar-refractivity contribution in [3.63, 3.8) is 0 Å². The number of piperidine rings is 1. The lowest BCUT2D eigenvalue weighted by atomic mass is 9.76. The van der Waals surface area contributed by atoms with Crippen molar-refractivity contribution in [2.45, 2.75) is 26.2 Å². The Morgan fingerprint density at radius 3 is 3.11 bits per heavy atom. The summed E-state index contributed by atoms with van der Waals surface area (Å²) < 4.78 is 0. The molecule has 2 atom stereocenters. The molecule has 18 heavy (non-hydrogen) atoms. The molecule has 0 bridgehead atoms. The predicted molar refractivity (Wildman–Crippen MR) is 75.7 cm³/mol. The van der Waals surface area contributed by atoms with E-state index in [1.807, 2.05) is 13.1 Å². The maximum absolute atomic E-state index is 5.99. The highest BCUT2D eigenvalue weighted by molar-refractivity contribution is 6.30. The first-order chi connectivity index (χ1) is 8.74. The van der Waals surface area contributed by atoms with E-state index >= 15 is 0 Å². The summed E-state index contributed by atoms with van der Waals surface area (Å²) in [5, 5.41) is 4.11. The van der Waals surface area contributed by atoms with Crippen LogP contribution < -0.4 is 5.32 Å². The Morgan fingerprint density at radius 2 is 2.28 bits per heavy atom. The molecule has 0 amide bonds. The average molecular weight is 263 g/mol. The summed E-state index contributed by atoms with van der Waals surface area (Å²) in [5.41, 5.74) is 3.77. The van der Waals surface area contributed by atoms with E-state index in [0.717, 1.165) is 18.0 Å². The Kier molecular flexibility index (Phi) is 3.40. The van der Waals surface area contributed by atoms with Crippen LogP contribution in [0.2, 0.25) is 5.15 Å². The lowest BCUT2D eigenvalue weighted by Crippen LogP contribution is -2.37. The van der Waals surface area contributed by atoms with E-state index in [1.54, 1.807) is 0 Å². The Morgan fingerprint density at radius 1 is 1.39 bits per heavy atom. The van der Waals surface area contributed by atoms with E-state index in [0.29, 0.717) is 11.1 Å². The number of aryl methyl sites for hydroxylation is 1. The second-order valence-electron chi connectivity index (χ2n) is 5.48. The number of hydrogen-bond acceptors (Lipinski definition) is 2. The number of rotatable bonds is 1. The molecule has 1 aromatic rings. The van der Waals surface area contributed by atoms with E-state index in [-0.39, 0.29) is 0 Å². The minimum absolute atomic E-state index is 0.618. The summed E-state index contributed by atoms with van der Waals surface area (Å²) in [4.78, 5) is 4.27. The van der Waals surface area contributed by atoms with Gasteiger partial charge in [0.1, 0.15) is 5.15 Å². The molecule has 0 unspecified atom stereocenters. The van der Waals surface area contributed by atoms with Crippen LogP contribution >= 0.6 is 11.6 Å². The molecule has 1 fully saturated rings. The third kappa shape index (κ3) is 2.32. The van der Waals surface area contributed by atoms with E-state index in [2.05, 4.69) is 22.4 Å². The zero-order valence-electron chi connectivity index (χ0n) is 10.7. The summed E-state index contributed by atoms with van der Waals surface area (Å²) in [6.07, 6.45) is 8.21. The van der Waals surface area contributed by atoms with Gasteiger partial charge < -0.3 is 5.32 Å². The molecule has 0 aromatic carbocycles. The number of nitrogens with zero attached hydrogens (tertiary/aromatic N) is 1. The van der Waals surface area contributed by atoms with Crippen LogP contribution in [0.3, 0.4) is 0 Å². The molecular formula is C15H19ClN2. The molecule has 0 spiro atoms. The number of nitrogens with one attached hydrogen (secondary N) is 1. The van der Waals surface area contributed by atoms with Crippen LogP contribution in [0.4, 0.5) is 0 Å². The molecule has 0 radical (unpaired) electrons. The Labute approximate surface area is 113 Å². The van der Waals surface area contributed by atoms with Gasteiger partial charge in [-0.25, -0.2) is 4.98 Å². The van der Waals surface area contributed by atoms with Gasteiger partial charge >= 0.3 is 0 Å². The van der Waals surface area contributed by atoms with E-state index in [9.17, 15) is 0 Å². The molecule has 3 rings (SSSR count). The van der Waals surface area contributed by atoms with Gasteiger partial charge in [0.15, 0.2) is 0 Å². The zero-order valence-corrected chi connectivity index (χ0v) is 11.5. The number of aromatic nitrogens is 1. The standard InChI is InChI=1S/C15H19ClN2/c1-10-6-13(9-18-15(10)16)12-3-2-11-4-5-17-8-14(11)7-12/h6-7,9,11,14,17H,2-5,8H2,1H3/t11-,14+/m0/s1. The van der Waals surface area contributed by atoms with Gasteiger partial charge in [-0.05, 0) is 67.3 Å². The number of pyridine rings is 1. The van der Waals surface area contributed by atoms with Crippen molar-refractivity contribution in [1.29, 1.82) is 0 Å². The number of hydrogen-bond donors (Lipinski definition) is 1. The Hall–Kier alpha value is -0.860. The summed E-state index contributed by atoms with van der Waals surface area (Å²) in [6, 6.07) is 2.16. The molecule has 1 aromatic heterocycles. The molecule has 96 valence electrons. The third-order valence-corrected chi connectivity index (χ3v) is 4.66. The molecule has 2 nitrogen and oxygen atoms in total. The maximum Gasteiger partial charge on any atom is 0.131 e. The summed E-state index contributed by atoms with van der Waals surface area (Å²) in [6.45, 7) is 4.34. The van der Waals surface area contributed by atoms with E-state index in [1.165, 1.54) is 36.9 Å². The highest BCUT2D eigenvalue weighted by atomic mass is 35.5. The van der Waals surface area contributed by atoms with Crippen molar-refractivity contribution >= 4 is 17.2 Å². The van der Waals surface area contributed by atoms with Crippen LogP contribution in [0.15, 0.2) is 18.3 Å². The number of fused-ring (bicyclic) bond motifs is 1. The zero-order chi connectivity index (χ0) is 12.5. The van der Waals surface area contributed by atoms with Gasteiger partial charge in [-0.2, -0.15) is 0 Å². The second kappa shape index (κ2) is 5.02. The fourth-order valence-corrected chi connectivity index (χ4v) is 3.25. The van der Waals surface area contributed by atoms with Crippen LogP contribution in [-0.2, 0) is 0 Å². The SMILES string of the molecule is Cc1cc(C2=C[C@@H]3CNCC[C@@H]3CC2)cnc1Cl. The first-order valence-electron chi connectivity index (χ1n) is 6.78. The van der Waals surface area contributed by atoms with Crippen molar-refractivity contribution in [3.8, 4) is 0 Å². The van der Waals surface area contributed by atoms with Gasteiger partial charge in [-0.15, -0.1) is 0 Å². The second-order valence-corrected chi connectivity index (χ2v) is 5.84. The predicted octanol–water partition coefficient (Wildman–Crippen LogP) is 3.45. The number of halogens is 1. The summed E-state index contributed by atoms with van der Waals surface area (Å²) in [7, 11) is 0. The molecule has 0 saturated carbocycles. The molecule has 2 aliphatic rings. The first kappa shape index (κ1) is 12.2. The van der Waals surface area contributed by atoms with Crippen molar-refractivity contribution in [2.75, 3.05) is 13.1 Å².